The van der Waals surface area contributed by atoms with Crippen LogP contribution in [0.5, 0.6) is 5.75 Å². The zero-order valence-electron chi connectivity index (χ0n) is 16.0. The van der Waals surface area contributed by atoms with E-state index in [1.54, 1.807) is 25.3 Å². The second-order valence-corrected chi connectivity index (χ2v) is 8.70. The fraction of sp³-hybridized carbons (Fsp3) is 0.667. The lowest BCUT2D eigenvalue weighted by Crippen LogP contribution is -2.63. The first-order chi connectivity index (χ1) is 13.0. The third-order valence-electron chi connectivity index (χ3n) is 6.81. The van der Waals surface area contributed by atoms with Gasteiger partial charge >= 0.3 is 0 Å². The zero-order chi connectivity index (χ0) is 19.0. The van der Waals surface area contributed by atoms with Crippen LogP contribution >= 0.6 is 11.6 Å². The fourth-order valence-corrected chi connectivity index (χ4v) is 5.49. The SMILES string of the molecule is COc1cccc(C(=O)N2CCN3C[C@@](O)(C4CCCC4)CC[C@@H]3C2)c1Cl. The largest absolute Gasteiger partial charge is 0.495 e. The van der Waals surface area contributed by atoms with Gasteiger partial charge in [0.2, 0.25) is 0 Å². The van der Waals surface area contributed by atoms with Gasteiger partial charge in [-0.25, -0.2) is 0 Å². The molecule has 27 heavy (non-hydrogen) atoms. The standard InChI is InChI=1S/C21H29ClN2O3/c1-27-18-8-4-7-17(19(18)22)20(25)23-11-12-24-14-21(26,10-9-16(24)13-23)15-5-2-3-6-15/h4,7-8,15-16,26H,2-3,5-6,9-14H2,1H3/t16-,21-/m1/s1. The van der Waals surface area contributed by atoms with Crippen molar-refractivity contribution < 1.29 is 14.6 Å². The highest BCUT2D eigenvalue weighted by Crippen LogP contribution is 2.41. The number of hydrogen-bond donors (Lipinski definition) is 1. The number of methoxy groups -OCH3 is 1. The molecule has 1 aromatic rings. The van der Waals surface area contributed by atoms with Crippen LogP contribution in [-0.4, -0.2) is 65.7 Å². The number of piperidine rings is 1. The van der Waals surface area contributed by atoms with Gasteiger partial charge in [0.05, 0.1) is 23.3 Å². The summed E-state index contributed by atoms with van der Waals surface area (Å²) in [6, 6.07) is 5.66. The van der Waals surface area contributed by atoms with E-state index in [4.69, 9.17) is 16.3 Å². The number of carbonyl (C=O) groups is 1. The van der Waals surface area contributed by atoms with Crippen LogP contribution in [-0.2, 0) is 0 Å². The molecule has 0 bridgehead atoms. The predicted octanol–water partition coefficient (Wildman–Crippen LogP) is 3.19. The van der Waals surface area contributed by atoms with Crippen molar-refractivity contribution in [3.63, 3.8) is 0 Å². The molecule has 2 atom stereocenters. The summed E-state index contributed by atoms with van der Waals surface area (Å²) in [6.07, 6.45) is 6.62. The van der Waals surface area contributed by atoms with Gasteiger partial charge in [-0.2, -0.15) is 0 Å². The van der Waals surface area contributed by atoms with Crippen molar-refractivity contribution in [1.82, 2.24) is 9.80 Å². The molecule has 1 amide bonds. The minimum Gasteiger partial charge on any atom is -0.495 e. The highest BCUT2D eigenvalue weighted by atomic mass is 35.5. The Morgan fingerprint density at radius 3 is 2.78 bits per heavy atom. The number of halogens is 1. The average Bonchev–Trinajstić information content (AvgIpc) is 3.23. The molecule has 0 spiro atoms. The zero-order valence-corrected chi connectivity index (χ0v) is 16.7. The van der Waals surface area contributed by atoms with Crippen LogP contribution in [0.2, 0.25) is 5.02 Å². The number of aliphatic hydroxyl groups is 1. The Hall–Kier alpha value is -1.30. The Balaban J connectivity index is 1.43. The van der Waals surface area contributed by atoms with E-state index in [0.717, 1.165) is 38.8 Å². The minimum absolute atomic E-state index is 0.0322. The van der Waals surface area contributed by atoms with Crippen LogP contribution in [0.4, 0.5) is 0 Å². The van der Waals surface area contributed by atoms with Crippen LogP contribution in [0.3, 0.4) is 0 Å². The van der Waals surface area contributed by atoms with E-state index < -0.39 is 5.60 Å². The van der Waals surface area contributed by atoms with Gasteiger partial charge in [-0.1, -0.05) is 30.5 Å². The van der Waals surface area contributed by atoms with Gasteiger partial charge in [0, 0.05) is 32.2 Å². The molecule has 148 valence electrons. The Morgan fingerprint density at radius 2 is 2.04 bits per heavy atom. The van der Waals surface area contributed by atoms with E-state index in [2.05, 4.69) is 4.90 Å². The van der Waals surface area contributed by atoms with Gasteiger partial charge in [-0.3, -0.25) is 9.69 Å². The molecule has 2 saturated heterocycles. The summed E-state index contributed by atoms with van der Waals surface area (Å²) < 4.78 is 5.24. The van der Waals surface area contributed by atoms with Crippen LogP contribution < -0.4 is 4.74 Å². The summed E-state index contributed by atoms with van der Waals surface area (Å²) in [5.41, 5.74) is -0.0299. The van der Waals surface area contributed by atoms with Crippen LogP contribution in [0.1, 0.15) is 48.9 Å². The molecule has 6 heteroatoms. The number of nitrogens with zero attached hydrogens (tertiary/aromatic N) is 2. The molecule has 0 radical (unpaired) electrons. The number of amides is 1. The molecule has 1 saturated carbocycles. The second kappa shape index (κ2) is 7.61. The molecule has 1 aromatic carbocycles. The molecular weight excluding hydrogens is 364 g/mol. The summed E-state index contributed by atoms with van der Waals surface area (Å²) in [7, 11) is 1.56. The first kappa shape index (κ1) is 19.0. The smallest absolute Gasteiger partial charge is 0.255 e. The summed E-state index contributed by atoms with van der Waals surface area (Å²) >= 11 is 6.35. The number of fused-ring (bicyclic) bond motifs is 1. The van der Waals surface area contributed by atoms with Gasteiger partial charge < -0.3 is 14.7 Å². The van der Waals surface area contributed by atoms with Crippen molar-refractivity contribution in [3.8, 4) is 5.75 Å². The van der Waals surface area contributed by atoms with E-state index in [-0.39, 0.29) is 5.91 Å². The number of ether oxygens (including phenoxy) is 1. The van der Waals surface area contributed by atoms with E-state index >= 15 is 0 Å². The van der Waals surface area contributed by atoms with Gasteiger partial charge in [0.15, 0.2) is 0 Å². The maximum atomic E-state index is 13.0. The molecule has 1 aliphatic carbocycles. The van der Waals surface area contributed by atoms with E-state index in [0.29, 0.717) is 41.4 Å². The van der Waals surface area contributed by atoms with Crippen molar-refractivity contribution in [3.05, 3.63) is 28.8 Å². The van der Waals surface area contributed by atoms with Crippen molar-refractivity contribution in [2.75, 3.05) is 33.3 Å². The number of hydrogen-bond acceptors (Lipinski definition) is 4. The average molecular weight is 393 g/mol. The third-order valence-corrected chi connectivity index (χ3v) is 7.20. The first-order valence-corrected chi connectivity index (χ1v) is 10.5. The quantitative estimate of drug-likeness (QED) is 0.858. The van der Waals surface area contributed by atoms with Gasteiger partial charge in [-0.15, -0.1) is 0 Å². The molecule has 2 aliphatic heterocycles. The van der Waals surface area contributed by atoms with Crippen molar-refractivity contribution in [2.45, 2.75) is 50.2 Å². The monoisotopic (exact) mass is 392 g/mol. The fourth-order valence-electron chi connectivity index (χ4n) is 5.21. The normalized spacial score (nSPS) is 29.6. The van der Waals surface area contributed by atoms with Gasteiger partial charge in [0.25, 0.3) is 5.91 Å². The molecule has 1 N–H and O–H groups in total. The molecule has 3 aliphatic rings. The van der Waals surface area contributed by atoms with Gasteiger partial charge in [0.1, 0.15) is 5.75 Å². The number of rotatable bonds is 3. The summed E-state index contributed by atoms with van der Waals surface area (Å²) in [6.45, 7) is 2.94. The van der Waals surface area contributed by atoms with Gasteiger partial charge in [-0.05, 0) is 43.7 Å². The topological polar surface area (TPSA) is 53.0 Å². The van der Waals surface area contributed by atoms with E-state index in [1.165, 1.54) is 12.8 Å². The van der Waals surface area contributed by atoms with Crippen LogP contribution in [0.25, 0.3) is 0 Å². The lowest BCUT2D eigenvalue weighted by atomic mass is 9.77. The lowest BCUT2D eigenvalue weighted by Gasteiger charge is -2.51. The molecule has 0 aromatic heterocycles. The summed E-state index contributed by atoms with van der Waals surface area (Å²) in [5, 5.41) is 11.6. The highest BCUT2D eigenvalue weighted by Gasteiger charge is 2.46. The van der Waals surface area contributed by atoms with Crippen molar-refractivity contribution in [2.24, 2.45) is 5.92 Å². The molecule has 0 unspecified atom stereocenters. The van der Waals surface area contributed by atoms with E-state index in [9.17, 15) is 9.90 Å². The molecule has 2 heterocycles. The lowest BCUT2D eigenvalue weighted by molar-refractivity contribution is -0.101. The van der Waals surface area contributed by atoms with Crippen molar-refractivity contribution >= 4 is 17.5 Å². The summed E-state index contributed by atoms with van der Waals surface area (Å²) in [5.74, 6) is 0.948. The Bertz CT molecular complexity index is 707. The predicted molar refractivity (Wildman–Crippen MR) is 105 cm³/mol. The maximum Gasteiger partial charge on any atom is 0.255 e. The Labute approximate surface area is 166 Å². The molecule has 5 nitrogen and oxygen atoms in total. The summed E-state index contributed by atoms with van der Waals surface area (Å²) in [4.78, 5) is 17.3. The van der Waals surface area contributed by atoms with Crippen LogP contribution in [0.15, 0.2) is 18.2 Å². The second-order valence-electron chi connectivity index (χ2n) is 8.32. The molecular formula is C21H29ClN2O3. The van der Waals surface area contributed by atoms with E-state index in [1.807, 2.05) is 4.90 Å². The van der Waals surface area contributed by atoms with Crippen molar-refractivity contribution in [1.29, 1.82) is 0 Å². The number of piperazine rings is 1. The maximum absolute atomic E-state index is 13.0. The molecule has 3 fully saturated rings. The Morgan fingerprint density at radius 1 is 1.26 bits per heavy atom. The number of benzene rings is 1. The van der Waals surface area contributed by atoms with Crippen LogP contribution in [0, 0.1) is 5.92 Å². The molecule has 4 rings (SSSR count). The third kappa shape index (κ3) is 3.57. The number of carbonyl (C=O) groups excluding carboxylic acids is 1. The first-order valence-electron chi connectivity index (χ1n) is 10.1. The minimum atomic E-state index is -0.532. The highest BCUT2D eigenvalue weighted by molar-refractivity contribution is 6.35. The Kier molecular flexibility index (Phi) is 5.36.